The van der Waals surface area contributed by atoms with E-state index in [1.807, 2.05) is 17.1 Å². The lowest BCUT2D eigenvalue weighted by Crippen LogP contribution is -2.33. The number of carbonyl (C=O) groups excluding carboxylic acids is 1. The fourth-order valence-electron chi connectivity index (χ4n) is 3.27. The molecule has 2 rings (SSSR count). The lowest BCUT2D eigenvalue weighted by Gasteiger charge is -2.22. The summed E-state index contributed by atoms with van der Waals surface area (Å²) in [6.45, 7) is 2.74. The number of aliphatic hydroxyl groups excluding tert-OH is 1. The van der Waals surface area contributed by atoms with Crippen LogP contribution in [0.5, 0.6) is 0 Å². The smallest absolute Gasteiger partial charge is 0.335 e. The van der Waals surface area contributed by atoms with Crippen molar-refractivity contribution in [1.29, 1.82) is 0 Å². The van der Waals surface area contributed by atoms with Crippen LogP contribution in [-0.2, 0) is 11.2 Å². The predicted molar refractivity (Wildman–Crippen MR) is 101 cm³/mol. The second kappa shape index (κ2) is 10.1. The third-order valence-electron chi connectivity index (χ3n) is 4.88. The van der Waals surface area contributed by atoms with Gasteiger partial charge >= 0.3 is 5.97 Å². The van der Waals surface area contributed by atoms with Gasteiger partial charge in [0.05, 0.1) is 17.7 Å². The van der Waals surface area contributed by atoms with Crippen LogP contribution in [0.2, 0.25) is 0 Å². The summed E-state index contributed by atoms with van der Waals surface area (Å²) in [4.78, 5) is 24.9. The molecule has 2 N–H and O–H groups in total. The van der Waals surface area contributed by atoms with Crippen LogP contribution in [0.4, 0.5) is 0 Å². The minimum absolute atomic E-state index is 0.0432. The third-order valence-corrected chi connectivity index (χ3v) is 4.88. The number of amides is 1. The van der Waals surface area contributed by atoms with Crippen LogP contribution in [0.25, 0.3) is 0 Å². The highest BCUT2D eigenvalue weighted by Crippen LogP contribution is 2.21. The number of unbranched alkanes of at least 4 members (excludes halogenated alkanes) is 2. The van der Waals surface area contributed by atoms with Crippen LogP contribution < -0.4 is 0 Å². The molecule has 1 aliphatic rings. The third kappa shape index (κ3) is 5.99. The van der Waals surface area contributed by atoms with Gasteiger partial charge in [-0.05, 0) is 37.0 Å². The van der Waals surface area contributed by atoms with Gasteiger partial charge in [-0.25, -0.2) is 4.79 Å². The molecule has 0 saturated carbocycles. The molecular weight excluding hydrogens is 330 g/mol. The second-order valence-corrected chi connectivity index (χ2v) is 6.89. The van der Waals surface area contributed by atoms with Crippen LogP contribution in [0.1, 0.15) is 61.4 Å². The Balaban J connectivity index is 1.87. The fourth-order valence-corrected chi connectivity index (χ4v) is 3.27. The van der Waals surface area contributed by atoms with Gasteiger partial charge in [0.15, 0.2) is 0 Å². The molecule has 0 aliphatic carbocycles. The maximum atomic E-state index is 12.2. The van der Waals surface area contributed by atoms with Crippen LogP contribution in [0, 0.1) is 0 Å². The summed E-state index contributed by atoms with van der Waals surface area (Å²) in [7, 11) is 0. The molecule has 142 valence electrons. The molecule has 1 fully saturated rings. The highest BCUT2D eigenvalue weighted by molar-refractivity contribution is 5.87. The molecule has 5 heteroatoms. The summed E-state index contributed by atoms with van der Waals surface area (Å²) in [6.07, 6.45) is 9.41. The molecule has 1 heterocycles. The summed E-state index contributed by atoms with van der Waals surface area (Å²) < 4.78 is 0. The van der Waals surface area contributed by atoms with Gasteiger partial charge in [-0.3, -0.25) is 4.79 Å². The molecular formula is C21H29NO4. The topological polar surface area (TPSA) is 77.8 Å². The van der Waals surface area contributed by atoms with Gasteiger partial charge in [-0.2, -0.15) is 0 Å². The van der Waals surface area contributed by atoms with E-state index in [0.717, 1.165) is 37.7 Å². The largest absolute Gasteiger partial charge is 0.478 e. The van der Waals surface area contributed by atoms with E-state index in [4.69, 9.17) is 5.11 Å². The summed E-state index contributed by atoms with van der Waals surface area (Å²) in [5.74, 6) is -0.795. The number of hydrogen-bond acceptors (Lipinski definition) is 3. The Bertz CT molecular complexity index is 623. The number of carbonyl (C=O) groups is 2. The Labute approximate surface area is 155 Å². The maximum absolute atomic E-state index is 12.2. The van der Waals surface area contributed by atoms with Gasteiger partial charge in [0, 0.05) is 13.0 Å². The van der Waals surface area contributed by atoms with E-state index >= 15 is 0 Å². The Morgan fingerprint density at radius 3 is 2.69 bits per heavy atom. The van der Waals surface area contributed by atoms with E-state index in [1.54, 1.807) is 24.3 Å². The molecule has 1 unspecified atom stereocenters. The molecule has 0 aromatic heterocycles. The highest BCUT2D eigenvalue weighted by atomic mass is 16.4. The van der Waals surface area contributed by atoms with Gasteiger partial charge in [0.25, 0.3) is 0 Å². The lowest BCUT2D eigenvalue weighted by molar-refractivity contribution is -0.128. The number of carboxylic acid groups (broad SMARTS) is 1. The molecule has 1 saturated heterocycles. The Kier molecular flexibility index (Phi) is 7.85. The van der Waals surface area contributed by atoms with E-state index in [1.165, 1.54) is 0 Å². The zero-order valence-corrected chi connectivity index (χ0v) is 15.4. The van der Waals surface area contributed by atoms with E-state index in [0.29, 0.717) is 19.4 Å². The van der Waals surface area contributed by atoms with Gasteiger partial charge in [-0.15, -0.1) is 0 Å². The number of nitrogens with zero attached hydrogens (tertiary/aromatic N) is 1. The molecule has 1 amide bonds. The van der Waals surface area contributed by atoms with Gasteiger partial charge in [0.1, 0.15) is 0 Å². The van der Waals surface area contributed by atoms with E-state index in [9.17, 15) is 14.7 Å². The average Bonchev–Trinajstić information content (AvgIpc) is 2.98. The molecule has 26 heavy (non-hydrogen) atoms. The second-order valence-electron chi connectivity index (χ2n) is 6.89. The highest BCUT2D eigenvalue weighted by Gasteiger charge is 2.28. The predicted octanol–water partition coefficient (Wildman–Crippen LogP) is 3.42. The van der Waals surface area contributed by atoms with Crippen molar-refractivity contribution in [2.75, 3.05) is 6.54 Å². The molecule has 1 aromatic rings. The zero-order valence-electron chi connectivity index (χ0n) is 15.4. The Hall–Kier alpha value is -2.14. The quantitative estimate of drug-likeness (QED) is 0.496. The molecule has 0 spiro atoms. The molecule has 1 aromatic carbocycles. The van der Waals surface area contributed by atoms with Crippen molar-refractivity contribution in [3.8, 4) is 0 Å². The van der Waals surface area contributed by atoms with Crippen molar-refractivity contribution in [2.45, 2.75) is 64.0 Å². The van der Waals surface area contributed by atoms with Crippen LogP contribution in [0.15, 0.2) is 36.4 Å². The van der Waals surface area contributed by atoms with Crippen LogP contribution >= 0.6 is 0 Å². The monoisotopic (exact) mass is 359 g/mol. The summed E-state index contributed by atoms with van der Waals surface area (Å²) >= 11 is 0. The number of rotatable bonds is 10. The van der Waals surface area contributed by atoms with Crippen LogP contribution in [0.3, 0.4) is 0 Å². The number of aliphatic hydroxyl groups is 1. The molecule has 2 atom stereocenters. The first kappa shape index (κ1) is 20.2. The number of aromatic carboxylic acids is 1. The van der Waals surface area contributed by atoms with E-state index in [2.05, 4.69) is 6.92 Å². The van der Waals surface area contributed by atoms with Crippen molar-refractivity contribution in [3.63, 3.8) is 0 Å². The normalized spacial score (nSPS) is 18.6. The minimum Gasteiger partial charge on any atom is -0.478 e. The summed E-state index contributed by atoms with van der Waals surface area (Å²) in [5, 5.41) is 19.0. The first-order chi connectivity index (χ1) is 12.5. The fraction of sp³-hybridized carbons (Fsp3) is 0.524. The maximum Gasteiger partial charge on any atom is 0.335 e. The number of carboxylic acids is 1. The van der Waals surface area contributed by atoms with E-state index < -0.39 is 12.1 Å². The Morgan fingerprint density at radius 1 is 1.31 bits per heavy atom. The van der Waals surface area contributed by atoms with E-state index in [-0.39, 0.29) is 17.5 Å². The standard InChI is InChI=1S/C21H29NO4/c1-2-3-4-5-19(23)12-10-18-11-13-20(24)22(18)15-14-16-6-8-17(9-7-16)21(25)26/h6-10,12,18-19,23H,2-5,11,13-15H2,1H3,(H,25,26)/b12-10+/t18-,19?/m0/s1. The first-order valence-corrected chi connectivity index (χ1v) is 9.49. The number of likely N-dealkylation sites (tertiary alicyclic amines) is 1. The van der Waals surface area contributed by atoms with Crippen LogP contribution in [-0.4, -0.2) is 45.7 Å². The number of benzene rings is 1. The van der Waals surface area contributed by atoms with Crippen molar-refractivity contribution in [1.82, 2.24) is 4.90 Å². The summed E-state index contributed by atoms with van der Waals surface area (Å²) in [5.41, 5.74) is 1.28. The zero-order chi connectivity index (χ0) is 18.9. The molecule has 0 bridgehead atoms. The van der Waals surface area contributed by atoms with Gasteiger partial charge < -0.3 is 15.1 Å². The average molecular weight is 359 g/mol. The first-order valence-electron chi connectivity index (χ1n) is 9.49. The molecule has 1 aliphatic heterocycles. The van der Waals surface area contributed by atoms with Gasteiger partial charge in [-0.1, -0.05) is 50.5 Å². The molecule has 0 radical (unpaired) electrons. The van der Waals surface area contributed by atoms with Crippen molar-refractivity contribution in [2.24, 2.45) is 0 Å². The van der Waals surface area contributed by atoms with Crippen molar-refractivity contribution >= 4 is 11.9 Å². The molecule has 5 nitrogen and oxygen atoms in total. The number of hydrogen-bond donors (Lipinski definition) is 2. The minimum atomic E-state index is -0.936. The van der Waals surface area contributed by atoms with Crippen molar-refractivity contribution < 1.29 is 19.8 Å². The summed E-state index contributed by atoms with van der Waals surface area (Å²) in [6, 6.07) is 6.82. The van der Waals surface area contributed by atoms with Gasteiger partial charge in [0.2, 0.25) is 5.91 Å². The lowest BCUT2D eigenvalue weighted by atomic mass is 10.1. The Morgan fingerprint density at radius 2 is 2.04 bits per heavy atom. The SMILES string of the molecule is CCCCCC(O)/C=C/[C@H]1CCC(=O)N1CCc1ccc(C(=O)O)cc1. The van der Waals surface area contributed by atoms with Crippen molar-refractivity contribution in [3.05, 3.63) is 47.5 Å².